The molecule has 172 valence electrons. The predicted octanol–water partition coefficient (Wildman–Crippen LogP) is 5.74. The van der Waals surface area contributed by atoms with Crippen molar-refractivity contribution < 1.29 is 13.9 Å². The molecule has 1 amide bonds. The molecule has 1 fully saturated rings. The molecule has 34 heavy (non-hydrogen) atoms. The lowest BCUT2D eigenvalue weighted by Gasteiger charge is -2.23. The second kappa shape index (κ2) is 9.41. The molecule has 0 spiro atoms. The number of aryl methyl sites for hydroxylation is 1. The first-order valence-corrected chi connectivity index (χ1v) is 11.4. The molecule has 0 saturated carbocycles. The zero-order valence-electron chi connectivity index (χ0n) is 18.6. The summed E-state index contributed by atoms with van der Waals surface area (Å²) in [6.45, 7) is 2.57. The highest BCUT2D eigenvalue weighted by atomic mass is 35.5. The van der Waals surface area contributed by atoms with E-state index in [1.165, 1.54) is 17.7 Å². The summed E-state index contributed by atoms with van der Waals surface area (Å²) in [4.78, 5) is 14.5. The number of halogens is 2. The fourth-order valence-electron chi connectivity index (χ4n) is 4.08. The molecule has 5 nitrogen and oxygen atoms in total. The summed E-state index contributed by atoms with van der Waals surface area (Å²) in [6, 6.07) is 21.8. The van der Waals surface area contributed by atoms with Crippen molar-refractivity contribution in [3.63, 3.8) is 0 Å². The minimum absolute atomic E-state index is 0.00749. The minimum atomic E-state index is -0.584. The molecular weight excluding hydrogens is 453 g/mol. The Morgan fingerprint density at radius 1 is 1.03 bits per heavy atom. The van der Waals surface area contributed by atoms with Crippen LogP contribution < -0.4 is 0 Å². The molecule has 1 unspecified atom stereocenters. The fraction of sp³-hybridized carbons (Fsp3) is 0.185. The van der Waals surface area contributed by atoms with E-state index in [1.54, 1.807) is 33.8 Å². The van der Waals surface area contributed by atoms with Crippen LogP contribution in [0, 0.1) is 12.7 Å². The summed E-state index contributed by atoms with van der Waals surface area (Å²) < 4.78 is 21.3. The summed E-state index contributed by atoms with van der Waals surface area (Å²) in [5.74, 6) is -0.393. The van der Waals surface area contributed by atoms with Gasteiger partial charge in [-0.3, -0.25) is 4.79 Å². The number of carbonyl (C=O) groups is 1. The van der Waals surface area contributed by atoms with Gasteiger partial charge >= 0.3 is 0 Å². The van der Waals surface area contributed by atoms with E-state index in [0.29, 0.717) is 23.7 Å². The van der Waals surface area contributed by atoms with Gasteiger partial charge in [0.1, 0.15) is 18.1 Å². The van der Waals surface area contributed by atoms with Crippen molar-refractivity contribution in [1.82, 2.24) is 14.7 Å². The van der Waals surface area contributed by atoms with Gasteiger partial charge in [0.25, 0.3) is 5.91 Å². The van der Waals surface area contributed by atoms with Gasteiger partial charge in [-0.25, -0.2) is 9.07 Å². The molecule has 1 aliphatic heterocycles. The third kappa shape index (κ3) is 4.60. The number of ether oxygens (including phenoxy) is 1. The summed E-state index contributed by atoms with van der Waals surface area (Å²) in [5.41, 5.74) is 5.28. The van der Waals surface area contributed by atoms with Crippen LogP contribution in [0.3, 0.4) is 0 Å². The highest BCUT2D eigenvalue weighted by Crippen LogP contribution is 2.35. The van der Waals surface area contributed by atoms with Gasteiger partial charge in [0.05, 0.1) is 5.69 Å². The Bertz CT molecular complexity index is 1300. The Balaban J connectivity index is 1.50. The number of hydrogen-bond donors (Lipinski definition) is 0. The highest BCUT2D eigenvalue weighted by Gasteiger charge is 2.36. The van der Waals surface area contributed by atoms with Crippen LogP contribution in [0.5, 0.6) is 0 Å². The van der Waals surface area contributed by atoms with Crippen LogP contribution in [0.4, 0.5) is 4.39 Å². The number of benzene rings is 3. The van der Waals surface area contributed by atoms with E-state index in [4.69, 9.17) is 21.4 Å². The maximum Gasteiger partial charge on any atom is 0.250 e. The monoisotopic (exact) mass is 475 g/mol. The van der Waals surface area contributed by atoms with Crippen molar-refractivity contribution in [2.75, 3.05) is 13.2 Å². The molecule has 0 bridgehead atoms. The maximum atomic E-state index is 13.6. The molecule has 1 saturated heterocycles. The lowest BCUT2D eigenvalue weighted by molar-refractivity contribution is -0.128. The maximum absolute atomic E-state index is 13.6. The second-order valence-corrected chi connectivity index (χ2v) is 8.78. The number of hydrogen-bond acceptors (Lipinski definition) is 3. The fourth-order valence-corrected chi connectivity index (χ4v) is 4.21. The third-order valence-corrected chi connectivity index (χ3v) is 6.20. The minimum Gasteiger partial charge on any atom is -0.344 e. The molecule has 2 heterocycles. The first kappa shape index (κ1) is 22.3. The Morgan fingerprint density at radius 2 is 1.74 bits per heavy atom. The first-order chi connectivity index (χ1) is 16.5. The van der Waals surface area contributed by atoms with Crippen LogP contribution in [0.15, 0.2) is 79.0 Å². The Hall–Kier alpha value is -3.48. The Morgan fingerprint density at radius 3 is 2.44 bits per heavy atom. The van der Waals surface area contributed by atoms with E-state index in [2.05, 4.69) is 24.3 Å². The number of nitrogens with zero attached hydrogens (tertiary/aromatic N) is 3. The average molecular weight is 476 g/mol. The zero-order valence-corrected chi connectivity index (χ0v) is 19.4. The molecule has 1 aliphatic rings. The largest absolute Gasteiger partial charge is 0.344 e. The molecule has 3 aromatic carbocycles. The molecule has 1 atom stereocenters. The molecular formula is C27H23ClFN3O2. The van der Waals surface area contributed by atoms with Crippen molar-refractivity contribution in [2.45, 2.75) is 19.6 Å². The van der Waals surface area contributed by atoms with Crippen molar-refractivity contribution in [3.05, 3.63) is 107 Å². The van der Waals surface area contributed by atoms with Crippen LogP contribution in [0.25, 0.3) is 16.9 Å². The van der Waals surface area contributed by atoms with Gasteiger partial charge in [0.2, 0.25) is 0 Å². The molecule has 7 heteroatoms. The normalized spacial score (nSPS) is 15.8. The van der Waals surface area contributed by atoms with Crippen molar-refractivity contribution in [1.29, 1.82) is 0 Å². The highest BCUT2D eigenvalue weighted by molar-refractivity contribution is 6.30. The Labute approximate surface area is 202 Å². The number of aromatic nitrogens is 2. The van der Waals surface area contributed by atoms with E-state index < -0.39 is 6.23 Å². The molecule has 4 aromatic rings. The summed E-state index contributed by atoms with van der Waals surface area (Å²) in [7, 11) is 0. The van der Waals surface area contributed by atoms with Crippen molar-refractivity contribution in [3.8, 4) is 16.9 Å². The van der Waals surface area contributed by atoms with Gasteiger partial charge in [-0.2, -0.15) is 5.10 Å². The summed E-state index contributed by atoms with van der Waals surface area (Å²) >= 11 is 6.05. The molecule has 1 aromatic heterocycles. The van der Waals surface area contributed by atoms with Crippen molar-refractivity contribution in [2.24, 2.45) is 0 Å². The van der Waals surface area contributed by atoms with Crippen LogP contribution in [0.2, 0.25) is 5.02 Å². The molecule has 0 radical (unpaired) electrons. The van der Waals surface area contributed by atoms with Gasteiger partial charge in [0.15, 0.2) is 6.23 Å². The van der Waals surface area contributed by atoms with Crippen LogP contribution in [-0.4, -0.2) is 33.7 Å². The summed E-state index contributed by atoms with van der Waals surface area (Å²) in [5, 5.41) is 5.40. The number of amides is 1. The zero-order chi connectivity index (χ0) is 23.7. The third-order valence-electron chi connectivity index (χ3n) is 5.95. The van der Waals surface area contributed by atoms with E-state index in [1.807, 2.05) is 25.3 Å². The van der Waals surface area contributed by atoms with Crippen LogP contribution >= 0.6 is 11.6 Å². The molecule has 5 rings (SSSR count). The van der Waals surface area contributed by atoms with Gasteiger partial charge < -0.3 is 9.64 Å². The SMILES string of the molecule is Cc1ccc(CCN2C(=O)COC2c2cn(-c3ccc(Cl)cc3)nc2-c2ccc(F)cc2)cc1. The molecule has 0 aliphatic carbocycles. The summed E-state index contributed by atoms with van der Waals surface area (Å²) in [6.07, 6.45) is 1.99. The van der Waals surface area contributed by atoms with E-state index in [9.17, 15) is 9.18 Å². The predicted molar refractivity (Wildman–Crippen MR) is 129 cm³/mol. The smallest absolute Gasteiger partial charge is 0.250 e. The quantitative estimate of drug-likeness (QED) is 0.357. The molecule has 0 N–H and O–H groups in total. The Kier molecular flexibility index (Phi) is 6.18. The van der Waals surface area contributed by atoms with Crippen LogP contribution in [0.1, 0.15) is 22.9 Å². The van der Waals surface area contributed by atoms with E-state index in [0.717, 1.165) is 22.4 Å². The van der Waals surface area contributed by atoms with Crippen molar-refractivity contribution >= 4 is 17.5 Å². The second-order valence-electron chi connectivity index (χ2n) is 8.35. The van der Waals surface area contributed by atoms with Gasteiger partial charge in [-0.05, 0) is 67.4 Å². The lowest BCUT2D eigenvalue weighted by Crippen LogP contribution is -2.30. The topological polar surface area (TPSA) is 47.4 Å². The van der Waals surface area contributed by atoms with Gasteiger partial charge in [-0.15, -0.1) is 0 Å². The number of carbonyl (C=O) groups excluding carboxylic acids is 1. The van der Waals surface area contributed by atoms with Crippen LogP contribution in [-0.2, 0) is 16.0 Å². The van der Waals surface area contributed by atoms with Gasteiger partial charge in [0, 0.05) is 28.9 Å². The standard InChI is InChI=1S/C27H23ClFN3O2/c1-18-2-4-19(5-3-18)14-15-31-25(33)17-34-27(31)24-16-32(23-12-8-21(28)9-13-23)30-26(24)20-6-10-22(29)11-7-20/h2-13,16,27H,14-15,17H2,1H3. The lowest BCUT2D eigenvalue weighted by atomic mass is 10.1. The average Bonchev–Trinajstić information content (AvgIpc) is 3.43. The van der Waals surface area contributed by atoms with E-state index >= 15 is 0 Å². The first-order valence-electron chi connectivity index (χ1n) is 11.1. The number of rotatable bonds is 6. The van der Waals surface area contributed by atoms with E-state index in [-0.39, 0.29) is 18.3 Å². The van der Waals surface area contributed by atoms with Gasteiger partial charge in [-0.1, -0.05) is 41.4 Å².